The quantitative estimate of drug-likeness (QED) is 0.474. The average molecular weight is 336 g/mol. The van der Waals surface area contributed by atoms with Crippen molar-refractivity contribution in [3.8, 4) is 5.75 Å². The van der Waals surface area contributed by atoms with Crippen LogP contribution in [0.3, 0.4) is 0 Å². The lowest BCUT2D eigenvalue weighted by molar-refractivity contribution is 0.400. The van der Waals surface area contributed by atoms with Gasteiger partial charge in [0.15, 0.2) is 0 Å². The number of aryl methyl sites for hydroxylation is 1. The summed E-state index contributed by atoms with van der Waals surface area (Å²) in [4.78, 5) is 14.9. The van der Waals surface area contributed by atoms with Crippen molar-refractivity contribution in [3.05, 3.63) is 27.2 Å². The van der Waals surface area contributed by atoms with Crippen molar-refractivity contribution < 1.29 is 9.53 Å². The molecule has 106 valence electrons. The largest absolute Gasteiger partial charge is 0.495 e. The van der Waals surface area contributed by atoms with Gasteiger partial charge in [-0.2, -0.15) is 4.99 Å². The van der Waals surface area contributed by atoms with Crippen LogP contribution in [0.15, 0.2) is 15.5 Å². The highest BCUT2D eigenvalue weighted by Gasteiger charge is 2.49. The Morgan fingerprint density at radius 2 is 2.05 bits per heavy atom. The number of benzene rings is 1. The highest BCUT2D eigenvalue weighted by atomic mass is 79.9. The van der Waals surface area contributed by atoms with E-state index >= 15 is 0 Å². The molecule has 0 spiro atoms. The smallest absolute Gasteiger partial charge is 0.235 e. The summed E-state index contributed by atoms with van der Waals surface area (Å²) >= 11 is 3.62. The van der Waals surface area contributed by atoms with Crippen molar-refractivity contribution >= 4 is 22.0 Å². The summed E-state index contributed by atoms with van der Waals surface area (Å²) in [6, 6.07) is 2.18. The summed E-state index contributed by atoms with van der Waals surface area (Å²) in [5, 5.41) is 0. The predicted octanol–water partition coefficient (Wildman–Crippen LogP) is 4.05. The molecule has 0 aliphatic heterocycles. The molecule has 4 heteroatoms. The highest BCUT2D eigenvalue weighted by molar-refractivity contribution is 9.10. The Morgan fingerprint density at radius 3 is 2.70 bits per heavy atom. The monoisotopic (exact) mass is 335 g/mol. The maximum atomic E-state index is 10.8. The number of methoxy groups -OCH3 is 1. The third-order valence-corrected chi connectivity index (χ3v) is 5.05. The van der Waals surface area contributed by atoms with Crippen molar-refractivity contribution in [1.82, 2.24) is 0 Å². The van der Waals surface area contributed by atoms with Crippen LogP contribution in [-0.2, 0) is 23.2 Å². The highest BCUT2D eigenvalue weighted by Crippen LogP contribution is 2.56. The number of carbonyl (C=O) groups excluding carboxylic acids is 1. The summed E-state index contributed by atoms with van der Waals surface area (Å²) in [6.07, 6.45) is 9.46. The number of aliphatic imine (C=N–C) groups is 1. The van der Waals surface area contributed by atoms with Gasteiger partial charge in [0.2, 0.25) is 6.08 Å². The van der Waals surface area contributed by atoms with E-state index in [9.17, 15) is 4.79 Å². The maximum absolute atomic E-state index is 10.8. The molecule has 0 bridgehead atoms. The molecule has 1 aromatic rings. The van der Waals surface area contributed by atoms with Gasteiger partial charge in [-0.3, -0.25) is 0 Å². The predicted molar refractivity (Wildman–Crippen MR) is 81.0 cm³/mol. The van der Waals surface area contributed by atoms with Gasteiger partial charge in [0.25, 0.3) is 0 Å². The molecule has 0 saturated heterocycles. The van der Waals surface area contributed by atoms with Crippen LogP contribution in [0.1, 0.15) is 48.8 Å². The number of ether oxygens (including phenoxy) is 1. The molecular weight excluding hydrogens is 318 g/mol. The molecule has 2 aliphatic carbocycles. The van der Waals surface area contributed by atoms with E-state index in [4.69, 9.17) is 4.74 Å². The fourth-order valence-corrected chi connectivity index (χ4v) is 3.98. The fraction of sp³-hybridized carbons (Fsp3) is 0.562. The number of hydrogen-bond donors (Lipinski definition) is 0. The molecule has 1 aromatic carbocycles. The van der Waals surface area contributed by atoms with Gasteiger partial charge in [0.1, 0.15) is 11.3 Å². The zero-order chi connectivity index (χ0) is 14.2. The number of isocyanates is 1. The summed E-state index contributed by atoms with van der Waals surface area (Å²) in [5.74, 6) is 0.849. The minimum Gasteiger partial charge on any atom is -0.495 e. The first kappa shape index (κ1) is 13.8. The van der Waals surface area contributed by atoms with Crippen molar-refractivity contribution in [3.63, 3.8) is 0 Å². The van der Waals surface area contributed by atoms with E-state index in [1.807, 2.05) is 0 Å². The lowest BCUT2D eigenvalue weighted by Crippen LogP contribution is -2.12. The van der Waals surface area contributed by atoms with Crippen molar-refractivity contribution in [1.29, 1.82) is 0 Å². The second-order valence-electron chi connectivity index (χ2n) is 5.70. The molecule has 0 heterocycles. The van der Waals surface area contributed by atoms with Crippen LogP contribution in [0.2, 0.25) is 0 Å². The average Bonchev–Trinajstić information content (AvgIpc) is 3.22. The topological polar surface area (TPSA) is 38.7 Å². The molecule has 0 unspecified atom stereocenters. The van der Waals surface area contributed by atoms with Crippen LogP contribution >= 0.6 is 15.9 Å². The Hall–Kier alpha value is -1.12. The molecule has 1 fully saturated rings. The first-order chi connectivity index (χ1) is 9.72. The summed E-state index contributed by atoms with van der Waals surface area (Å²) in [6.45, 7) is 0. The summed E-state index contributed by atoms with van der Waals surface area (Å²) < 4.78 is 6.59. The first-order valence-electron chi connectivity index (χ1n) is 7.19. The number of fused-ring (bicyclic) bond motifs is 1. The van der Waals surface area contributed by atoms with E-state index in [0.29, 0.717) is 0 Å². The van der Waals surface area contributed by atoms with E-state index < -0.39 is 0 Å². The molecule has 0 N–H and O–H groups in total. The Kier molecular flexibility index (Phi) is 3.70. The Morgan fingerprint density at radius 1 is 1.30 bits per heavy atom. The van der Waals surface area contributed by atoms with Crippen LogP contribution < -0.4 is 4.74 Å². The third kappa shape index (κ3) is 2.21. The van der Waals surface area contributed by atoms with Gasteiger partial charge in [-0.1, -0.05) is 6.42 Å². The Labute approximate surface area is 127 Å². The maximum Gasteiger partial charge on any atom is 0.235 e. The van der Waals surface area contributed by atoms with E-state index in [1.54, 1.807) is 13.2 Å². The van der Waals surface area contributed by atoms with Gasteiger partial charge in [-0.05, 0) is 71.6 Å². The molecule has 2 aliphatic rings. The third-order valence-electron chi connectivity index (χ3n) is 4.46. The van der Waals surface area contributed by atoms with Gasteiger partial charge in [0.05, 0.1) is 11.6 Å². The second kappa shape index (κ2) is 5.34. The lowest BCUT2D eigenvalue weighted by Gasteiger charge is -2.22. The molecular formula is C16H18BrNO2. The number of hydrogen-bond acceptors (Lipinski definition) is 3. The number of nitrogens with zero attached hydrogens (tertiary/aromatic N) is 1. The molecule has 0 aromatic heterocycles. The standard InChI is InChI=1S/C16H18BrNO2/c1-20-15-13(17)9-11-5-3-2-4-6-12(11)14(15)16(7-8-16)18-10-19/h9H,2-8H2,1H3. The van der Waals surface area contributed by atoms with E-state index in [-0.39, 0.29) is 5.54 Å². The molecule has 0 atom stereocenters. The molecule has 0 amide bonds. The van der Waals surface area contributed by atoms with Crippen molar-refractivity contribution in [2.24, 2.45) is 4.99 Å². The van der Waals surface area contributed by atoms with Crippen LogP contribution in [0.4, 0.5) is 0 Å². The number of halogens is 1. The SMILES string of the molecule is COc1c(Br)cc2c(c1C1(N=C=O)CC1)CCCCC2. The van der Waals surface area contributed by atoms with Gasteiger partial charge < -0.3 is 4.74 Å². The normalized spacial score (nSPS) is 19.5. The summed E-state index contributed by atoms with van der Waals surface area (Å²) in [7, 11) is 1.69. The van der Waals surface area contributed by atoms with E-state index in [0.717, 1.165) is 41.5 Å². The Balaban J connectivity index is 2.24. The zero-order valence-electron chi connectivity index (χ0n) is 11.7. The summed E-state index contributed by atoms with van der Waals surface area (Å²) in [5.41, 5.74) is 3.51. The fourth-order valence-electron chi connectivity index (χ4n) is 3.34. The Bertz CT molecular complexity index is 587. The first-order valence-corrected chi connectivity index (χ1v) is 7.99. The van der Waals surface area contributed by atoms with Crippen LogP contribution in [0.5, 0.6) is 5.75 Å². The molecule has 1 saturated carbocycles. The van der Waals surface area contributed by atoms with Gasteiger partial charge in [0, 0.05) is 5.56 Å². The van der Waals surface area contributed by atoms with Crippen molar-refractivity contribution in [2.75, 3.05) is 7.11 Å². The van der Waals surface area contributed by atoms with E-state index in [1.165, 1.54) is 30.4 Å². The minimum absolute atomic E-state index is 0.370. The van der Waals surface area contributed by atoms with E-state index in [2.05, 4.69) is 27.0 Å². The molecule has 20 heavy (non-hydrogen) atoms. The minimum atomic E-state index is -0.370. The van der Waals surface area contributed by atoms with Crippen molar-refractivity contribution in [2.45, 2.75) is 50.5 Å². The zero-order valence-corrected chi connectivity index (χ0v) is 13.3. The number of rotatable bonds is 3. The van der Waals surface area contributed by atoms with Crippen LogP contribution in [0, 0.1) is 0 Å². The van der Waals surface area contributed by atoms with Crippen LogP contribution in [-0.4, -0.2) is 13.2 Å². The molecule has 3 rings (SSSR count). The second-order valence-corrected chi connectivity index (χ2v) is 6.55. The van der Waals surface area contributed by atoms with Gasteiger partial charge in [-0.25, -0.2) is 4.79 Å². The lowest BCUT2D eigenvalue weighted by atomic mass is 9.90. The van der Waals surface area contributed by atoms with Gasteiger partial charge >= 0.3 is 0 Å². The molecule has 0 radical (unpaired) electrons. The molecule has 3 nitrogen and oxygen atoms in total. The van der Waals surface area contributed by atoms with Crippen LogP contribution in [0.25, 0.3) is 0 Å². The van der Waals surface area contributed by atoms with Gasteiger partial charge in [-0.15, -0.1) is 0 Å².